The third kappa shape index (κ3) is 7.15. The van der Waals surface area contributed by atoms with E-state index >= 15 is 0 Å². The number of likely N-dealkylation sites (tertiary alicyclic amines) is 1. The highest BCUT2D eigenvalue weighted by atomic mass is 16.2. The molecule has 22 heavy (non-hydrogen) atoms. The molecule has 1 fully saturated rings. The standard InChI is InChI=1S/C20H39NO/c1-5-7-9-11-13-18(14-12-10-8-6-2)19(22)21-16-15-20(3,4)17-21/h18H,5-17H2,1-4H3. The predicted octanol–water partition coefficient (Wildman–Crippen LogP) is 5.80. The molecule has 1 aliphatic heterocycles. The highest BCUT2D eigenvalue weighted by Crippen LogP contribution is 2.31. The van der Waals surface area contributed by atoms with Crippen LogP contribution < -0.4 is 0 Å². The van der Waals surface area contributed by atoms with Crippen LogP contribution in [0.2, 0.25) is 0 Å². The maximum atomic E-state index is 12.9. The Morgan fingerprint density at radius 2 is 1.50 bits per heavy atom. The van der Waals surface area contributed by atoms with Gasteiger partial charge in [0, 0.05) is 19.0 Å². The Hall–Kier alpha value is -0.530. The first-order valence-corrected chi connectivity index (χ1v) is 9.79. The topological polar surface area (TPSA) is 20.3 Å². The van der Waals surface area contributed by atoms with E-state index < -0.39 is 0 Å². The lowest BCUT2D eigenvalue weighted by Gasteiger charge is -2.25. The zero-order chi connectivity index (χ0) is 16.4. The van der Waals surface area contributed by atoms with E-state index in [-0.39, 0.29) is 0 Å². The zero-order valence-electron chi connectivity index (χ0n) is 15.6. The van der Waals surface area contributed by atoms with Crippen LogP contribution in [0.25, 0.3) is 0 Å². The largest absolute Gasteiger partial charge is 0.342 e. The van der Waals surface area contributed by atoms with Crippen molar-refractivity contribution in [3.05, 3.63) is 0 Å². The van der Waals surface area contributed by atoms with Crippen molar-refractivity contribution in [1.29, 1.82) is 0 Å². The first-order chi connectivity index (χ1) is 10.5. The van der Waals surface area contributed by atoms with Crippen molar-refractivity contribution >= 4 is 5.91 Å². The molecule has 0 spiro atoms. The molecule has 0 aromatic heterocycles. The molecule has 0 radical (unpaired) electrons. The van der Waals surface area contributed by atoms with Crippen molar-refractivity contribution in [3.8, 4) is 0 Å². The molecule has 0 atom stereocenters. The molecule has 0 aromatic rings. The number of amides is 1. The van der Waals surface area contributed by atoms with Crippen molar-refractivity contribution in [2.24, 2.45) is 11.3 Å². The lowest BCUT2D eigenvalue weighted by atomic mass is 9.92. The first kappa shape index (κ1) is 19.5. The van der Waals surface area contributed by atoms with Gasteiger partial charge in [0.05, 0.1) is 0 Å². The van der Waals surface area contributed by atoms with E-state index in [0.717, 1.165) is 32.4 Å². The van der Waals surface area contributed by atoms with Gasteiger partial charge in [-0.3, -0.25) is 4.79 Å². The summed E-state index contributed by atoms with van der Waals surface area (Å²) in [5, 5.41) is 0. The third-order valence-corrected chi connectivity index (χ3v) is 5.15. The molecular formula is C20H39NO. The van der Waals surface area contributed by atoms with Crippen LogP contribution in [-0.2, 0) is 4.79 Å². The molecule has 0 saturated carbocycles. The smallest absolute Gasteiger partial charge is 0.225 e. The molecule has 0 N–H and O–H groups in total. The number of hydrogen-bond donors (Lipinski definition) is 0. The van der Waals surface area contributed by atoms with Crippen LogP contribution in [0.4, 0.5) is 0 Å². The minimum absolute atomic E-state index is 0.294. The second kappa shape index (κ2) is 10.3. The lowest BCUT2D eigenvalue weighted by Crippen LogP contribution is -2.35. The molecule has 1 saturated heterocycles. The van der Waals surface area contributed by atoms with Crippen LogP contribution in [0.15, 0.2) is 0 Å². The van der Waals surface area contributed by atoms with Crippen LogP contribution >= 0.6 is 0 Å². The molecule has 1 heterocycles. The van der Waals surface area contributed by atoms with E-state index in [1.54, 1.807) is 0 Å². The van der Waals surface area contributed by atoms with Crippen molar-refractivity contribution < 1.29 is 4.79 Å². The molecule has 2 nitrogen and oxygen atoms in total. The number of carbonyl (C=O) groups is 1. The minimum atomic E-state index is 0.294. The van der Waals surface area contributed by atoms with E-state index in [0.29, 0.717) is 17.2 Å². The van der Waals surface area contributed by atoms with Crippen LogP contribution in [0.3, 0.4) is 0 Å². The Labute approximate surface area is 139 Å². The molecule has 130 valence electrons. The minimum Gasteiger partial charge on any atom is -0.342 e. The fourth-order valence-corrected chi connectivity index (χ4v) is 3.59. The molecule has 0 unspecified atom stereocenters. The normalized spacial score (nSPS) is 17.4. The average molecular weight is 310 g/mol. The molecule has 1 amide bonds. The van der Waals surface area contributed by atoms with Crippen LogP contribution in [-0.4, -0.2) is 23.9 Å². The van der Waals surface area contributed by atoms with Gasteiger partial charge in [0.15, 0.2) is 0 Å². The zero-order valence-corrected chi connectivity index (χ0v) is 15.6. The maximum absolute atomic E-state index is 12.9. The summed E-state index contributed by atoms with van der Waals surface area (Å²) in [5.74, 6) is 0.751. The molecule has 0 aliphatic carbocycles. The Balaban J connectivity index is 2.45. The van der Waals surface area contributed by atoms with Gasteiger partial charge < -0.3 is 4.90 Å². The van der Waals surface area contributed by atoms with E-state index in [1.807, 2.05) is 0 Å². The number of nitrogens with zero attached hydrogens (tertiary/aromatic N) is 1. The van der Waals surface area contributed by atoms with Crippen molar-refractivity contribution in [1.82, 2.24) is 4.90 Å². The van der Waals surface area contributed by atoms with Gasteiger partial charge in [-0.25, -0.2) is 0 Å². The van der Waals surface area contributed by atoms with Crippen LogP contribution in [0, 0.1) is 11.3 Å². The molecule has 0 bridgehead atoms. The second-order valence-corrected chi connectivity index (χ2v) is 8.07. The van der Waals surface area contributed by atoms with Gasteiger partial charge in [0.1, 0.15) is 0 Å². The fourth-order valence-electron chi connectivity index (χ4n) is 3.59. The van der Waals surface area contributed by atoms with Gasteiger partial charge in [-0.1, -0.05) is 79.1 Å². The van der Waals surface area contributed by atoms with Crippen molar-refractivity contribution in [2.45, 2.75) is 98.3 Å². The Bertz CT molecular complexity index is 299. The second-order valence-electron chi connectivity index (χ2n) is 8.07. The molecule has 1 aliphatic rings. The van der Waals surface area contributed by atoms with E-state index in [1.165, 1.54) is 51.4 Å². The monoisotopic (exact) mass is 309 g/mol. The Kier molecular flexibility index (Phi) is 9.12. The van der Waals surface area contributed by atoms with E-state index in [9.17, 15) is 4.79 Å². The first-order valence-electron chi connectivity index (χ1n) is 9.79. The molecule has 0 aromatic carbocycles. The molecule has 1 rings (SSSR count). The molecule has 2 heteroatoms. The SMILES string of the molecule is CCCCCCC(CCCCCC)C(=O)N1CCC(C)(C)C1. The van der Waals surface area contributed by atoms with Crippen molar-refractivity contribution in [3.63, 3.8) is 0 Å². The predicted molar refractivity (Wildman–Crippen MR) is 96.0 cm³/mol. The summed E-state index contributed by atoms with van der Waals surface area (Å²) < 4.78 is 0. The fraction of sp³-hybridized carbons (Fsp3) is 0.950. The summed E-state index contributed by atoms with van der Waals surface area (Å²) >= 11 is 0. The van der Waals surface area contributed by atoms with Gasteiger partial charge in [-0.05, 0) is 24.7 Å². The average Bonchev–Trinajstić information content (AvgIpc) is 2.85. The van der Waals surface area contributed by atoms with Gasteiger partial charge in [-0.15, -0.1) is 0 Å². The summed E-state index contributed by atoms with van der Waals surface area (Å²) in [4.78, 5) is 15.0. The number of hydrogen-bond acceptors (Lipinski definition) is 1. The van der Waals surface area contributed by atoms with Gasteiger partial charge in [0.25, 0.3) is 0 Å². The lowest BCUT2D eigenvalue weighted by molar-refractivity contribution is -0.135. The quantitative estimate of drug-likeness (QED) is 0.441. The van der Waals surface area contributed by atoms with E-state index in [4.69, 9.17) is 0 Å². The number of unbranched alkanes of at least 4 members (excludes halogenated alkanes) is 6. The van der Waals surface area contributed by atoms with Gasteiger partial charge in [0.2, 0.25) is 5.91 Å². The van der Waals surface area contributed by atoms with Gasteiger partial charge >= 0.3 is 0 Å². The van der Waals surface area contributed by atoms with Crippen molar-refractivity contribution in [2.75, 3.05) is 13.1 Å². The number of carbonyl (C=O) groups excluding carboxylic acids is 1. The van der Waals surface area contributed by atoms with Crippen LogP contribution in [0.5, 0.6) is 0 Å². The Morgan fingerprint density at radius 3 is 1.91 bits per heavy atom. The summed E-state index contributed by atoms with van der Waals surface area (Å²) in [6, 6.07) is 0. The maximum Gasteiger partial charge on any atom is 0.225 e. The summed E-state index contributed by atoms with van der Waals surface area (Å²) in [6.45, 7) is 11.0. The van der Waals surface area contributed by atoms with E-state index in [2.05, 4.69) is 32.6 Å². The Morgan fingerprint density at radius 1 is 0.955 bits per heavy atom. The highest BCUT2D eigenvalue weighted by Gasteiger charge is 2.34. The summed E-state index contributed by atoms with van der Waals surface area (Å²) in [7, 11) is 0. The summed E-state index contributed by atoms with van der Waals surface area (Å²) in [5.41, 5.74) is 0.324. The highest BCUT2D eigenvalue weighted by molar-refractivity contribution is 5.79. The van der Waals surface area contributed by atoms with Gasteiger partial charge in [-0.2, -0.15) is 0 Å². The van der Waals surface area contributed by atoms with Crippen LogP contribution in [0.1, 0.15) is 98.3 Å². The third-order valence-electron chi connectivity index (χ3n) is 5.15. The molecular weight excluding hydrogens is 270 g/mol. The number of rotatable bonds is 11. The summed E-state index contributed by atoms with van der Waals surface area (Å²) in [6.07, 6.45) is 13.6.